The Morgan fingerprint density at radius 3 is 1.11 bits per heavy atom. The summed E-state index contributed by atoms with van der Waals surface area (Å²) in [6.45, 7) is 0. The molecule has 0 aliphatic rings. The van der Waals surface area contributed by atoms with Crippen LogP contribution in [-0.4, -0.2) is 4.57 Å². The van der Waals surface area contributed by atoms with Gasteiger partial charge >= 0.3 is 0 Å². The van der Waals surface area contributed by atoms with E-state index in [0.717, 1.165) is 101 Å². The molecule has 11 aromatic carbocycles. The maximum Gasteiger partial charge on any atom is 0.135 e. The molecular formula is C66H44N4OS. The Morgan fingerprint density at radius 2 is 0.625 bits per heavy atom. The predicted molar refractivity (Wildman–Crippen MR) is 305 cm³/mol. The number of aromatic nitrogens is 1. The molecule has 5 nitrogen and oxygen atoms in total. The lowest BCUT2D eigenvalue weighted by atomic mass is 10.1. The monoisotopic (exact) mass is 940 g/mol. The SMILES string of the molecule is c1ccc(N(c2ccc3c(c2)sc2ccccc23)c2ccc3oc4ccc(N(c5ccccc5)c5ccc6c(c5)c5cc(N(c7ccccc7)c7ccccc7)ccc5n6-c5ccccc5)cc4c3c2)cc1. The standard InChI is InChI=1S/C66H44N4OS/c1-6-18-45(19-7-1)67(46-20-8-2-9-21-46)50-31-36-61-57(40-50)58-41-51(32-37-62(58)70(61)49-26-14-5-15-27-49)68(47-22-10-3-11-23-47)52-33-38-63-59(42-52)60-43-53(34-39-64(60)71-63)69(48-24-12-4-13-25-48)54-30-35-56-55-28-16-17-29-65(55)72-66(56)44-54/h1-44H. The van der Waals surface area contributed by atoms with Gasteiger partial charge in [0.15, 0.2) is 0 Å². The second kappa shape index (κ2) is 17.2. The van der Waals surface area contributed by atoms with Crippen LogP contribution in [0.4, 0.5) is 51.2 Å². The Bertz CT molecular complexity index is 4240. The van der Waals surface area contributed by atoms with Crippen molar-refractivity contribution >= 4 is 126 Å². The molecule has 0 unspecified atom stereocenters. The first-order valence-electron chi connectivity index (χ1n) is 24.3. The van der Waals surface area contributed by atoms with E-state index in [4.69, 9.17) is 4.42 Å². The first-order valence-corrected chi connectivity index (χ1v) is 25.1. The number of nitrogens with zero attached hydrogens (tertiary/aromatic N) is 4. The van der Waals surface area contributed by atoms with Crippen LogP contribution in [0.25, 0.3) is 69.6 Å². The minimum absolute atomic E-state index is 0.840. The van der Waals surface area contributed by atoms with Crippen LogP contribution in [0.1, 0.15) is 0 Å². The highest BCUT2D eigenvalue weighted by Gasteiger charge is 2.22. The number of para-hydroxylation sites is 5. The van der Waals surface area contributed by atoms with Crippen LogP contribution in [0.15, 0.2) is 271 Å². The molecule has 0 N–H and O–H groups in total. The van der Waals surface area contributed by atoms with Crippen LogP contribution in [0.2, 0.25) is 0 Å². The lowest BCUT2D eigenvalue weighted by Gasteiger charge is -2.26. The van der Waals surface area contributed by atoms with Crippen molar-refractivity contribution in [3.8, 4) is 5.69 Å². The Hall–Kier alpha value is -9.36. The smallest absolute Gasteiger partial charge is 0.135 e. The van der Waals surface area contributed by atoms with Crippen LogP contribution in [0.3, 0.4) is 0 Å². The largest absolute Gasteiger partial charge is 0.456 e. The average molecular weight is 941 g/mol. The number of anilines is 9. The number of fused-ring (bicyclic) bond motifs is 9. The number of hydrogen-bond donors (Lipinski definition) is 0. The molecule has 0 aliphatic heterocycles. The number of rotatable bonds is 10. The van der Waals surface area contributed by atoms with Crippen molar-refractivity contribution in [2.75, 3.05) is 14.7 Å². The van der Waals surface area contributed by atoms with Gasteiger partial charge in [0, 0.05) is 98.6 Å². The minimum atomic E-state index is 0.840. The second-order valence-corrected chi connectivity index (χ2v) is 19.2. The molecule has 3 aromatic heterocycles. The van der Waals surface area contributed by atoms with E-state index < -0.39 is 0 Å². The molecule has 0 radical (unpaired) electrons. The number of benzene rings is 11. The first-order chi connectivity index (χ1) is 35.7. The minimum Gasteiger partial charge on any atom is -0.456 e. The molecule has 72 heavy (non-hydrogen) atoms. The zero-order valence-corrected chi connectivity index (χ0v) is 39.8. The molecule has 6 heteroatoms. The summed E-state index contributed by atoms with van der Waals surface area (Å²) in [5.41, 5.74) is 14.7. The highest BCUT2D eigenvalue weighted by Crippen LogP contribution is 2.46. The van der Waals surface area contributed by atoms with E-state index in [0.29, 0.717) is 0 Å². The summed E-state index contributed by atoms with van der Waals surface area (Å²) in [4.78, 5) is 7.06. The maximum atomic E-state index is 6.64. The van der Waals surface area contributed by atoms with Crippen LogP contribution >= 0.6 is 11.3 Å². The molecule has 0 atom stereocenters. The van der Waals surface area contributed by atoms with Gasteiger partial charge < -0.3 is 23.7 Å². The fraction of sp³-hybridized carbons (Fsp3) is 0. The van der Waals surface area contributed by atoms with Gasteiger partial charge in [-0.05, 0) is 152 Å². The van der Waals surface area contributed by atoms with Crippen molar-refractivity contribution in [3.05, 3.63) is 267 Å². The van der Waals surface area contributed by atoms with Crippen molar-refractivity contribution in [2.45, 2.75) is 0 Å². The van der Waals surface area contributed by atoms with Crippen molar-refractivity contribution in [2.24, 2.45) is 0 Å². The molecule has 0 aliphatic carbocycles. The van der Waals surface area contributed by atoms with Gasteiger partial charge in [0.25, 0.3) is 0 Å². The normalized spacial score (nSPS) is 11.6. The second-order valence-electron chi connectivity index (χ2n) is 18.2. The Morgan fingerprint density at radius 1 is 0.264 bits per heavy atom. The number of hydrogen-bond acceptors (Lipinski definition) is 5. The van der Waals surface area contributed by atoms with E-state index in [-0.39, 0.29) is 0 Å². The average Bonchev–Trinajstić information content (AvgIpc) is 4.11. The van der Waals surface area contributed by atoms with Crippen LogP contribution in [-0.2, 0) is 0 Å². The summed E-state index contributed by atoms with van der Waals surface area (Å²) < 4.78 is 11.6. The summed E-state index contributed by atoms with van der Waals surface area (Å²) in [5, 5.41) is 7.00. The van der Waals surface area contributed by atoms with Crippen LogP contribution in [0.5, 0.6) is 0 Å². The fourth-order valence-corrected chi connectivity index (χ4v) is 11.8. The third-order valence-electron chi connectivity index (χ3n) is 13.9. The van der Waals surface area contributed by atoms with E-state index in [1.807, 2.05) is 11.3 Å². The van der Waals surface area contributed by atoms with Gasteiger partial charge in [-0.2, -0.15) is 0 Å². The summed E-state index contributed by atoms with van der Waals surface area (Å²) in [6.07, 6.45) is 0. The molecule has 0 amide bonds. The number of thiophene rings is 1. The molecule has 14 aromatic rings. The van der Waals surface area contributed by atoms with Crippen LogP contribution < -0.4 is 14.7 Å². The Balaban J connectivity index is 0.934. The molecule has 14 rings (SSSR count). The molecular weight excluding hydrogens is 897 g/mol. The van der Waals surface area contributed by atoms with Gasteiger partial charge in [-0.15, -0.1) is 11.3 Å². The van der Waals surface area contributed by atoms with Crippen molar-refractivity contribution in [1.29, 1.82) is 0 Å². The zero-order chi connectivity index (χ0) is 47.5. The molecule has 0 saturated heterocycles. The molecule has 0 fully saturated rings. The summed E-state index contributed by atoms with van der Waals surface area (Å²) in [6, 6.07) is 95.8. The highest BCUT2D eigenvalue weighted by atomic mass is 32.1. The topological polar surface area (TPSA) is 27.8 Å². The van der Waals surface area contributed by atoms with Gasteiger partial charge in [-0.25, -0.2) is 0 Å². The van der Waals surface area contributed by atoms with Crippen LogP contribution in [0, 0.1) is 0 Å². The van der Waals surface area contributed by atoms with Crippen molar-refractivity contribution in [1.82, 2.24) is 4.57 Å². The van der Waals surface area contributed by atoms with E-state index in [1.165, 1.54) is 20.2 Å². The van der Waals surface area contributed by atoms with E-state index in [1.54, 1.807) is 0 Å². The molecule has 340 valence electrons. The lowest BCUT2D eigenvalue weighted by Crippen LogP contribution is -2.10. The summed E-state index contributed by atoms with van der Waals surface area (Å²) >= 11 is 1.84. The Labute approximate surface area is 420 Å². The molecule has 0 saturated carbocycles. The van der Waals surface area contributed by atoms with Crippen molar-refractivity contribution < 1.29 is 4.42 Å². The molecule has 3 heterocycles. The van der Waals surface area contributed by atoms with Gasteiger partial charge in [0.1, 0.15) is 11.2 Å². The van der Waals surface area contributed by atoms with Crippen molar-refractivity contribution in [3.63, 3.8) is 0 Å². The highest BCUT2D eigenvalue weighted by molar-refractivity contribution is 7.25. The maximum absolute atomic E-state index is 6.64. The fourth-order valence-electron chi connectivity index (χ4n) is 10.7. The first kappa shape index (κ1) is 41.6. The molecule has 0 spiro atoms. The molecule has 0 bridgehead atoms. The van der Waals surface area contributed by atoms with E-state index in [2.05, 4.69) is 286 Å². The lowest BCUT2D eigenvalue weighted by molar-refractivity contribution is 0.669. The van der Waals surface area contributed by atoms with Gasteiger partial charge in [-0.3, -0.25) is 0 Å². The van der Waals surface area contributed by atoms with E-state index in [9.17, 15) is 0 Å². The quantitative estimate of drug-likeness (QED) is 0.137. The summed E-state index contributed by atoms with van der Waals surface area (Å²) in [7, 11) is 0. The Kier molecular flexibility index (Phi) is 9.96. The summed E-state index contributed by atoms with van der Waals surface area (Å²) in [5.74, 6) is 0. The zero-order valence-electron chi connectivity index (χ0n) is 39.0. The third-order valence-corrected chi connectivity index (χ3v) is 15.0. The van der Waals surface area contributed by atoms with Gasteiger partial charge in [0.05, 0.1) is 11.0 Å². The van der Waals surface area contributed by atoms with E-state index >= 15 is 0 Å². The van der Waals surface area contributed by atoms with Gasteiger partial charge in [0.2, 0.25) is 0 Å². The van der Waals surface area contributed by atoms with Gasteiger partial charge in [-0.1, -0.05) is 115 Å². The number of furan rings is 1. The third kappa shape index (κ3) is 7.07. The predicted octanol–water partition coefficient (Wildman–Crippen LogP) is 19.5.